The number of carboxylic acid groups (broad SMARTS) is 1. The SMILES string of the molecule is CCOc1ccc(-c2cn3cc(C(=O)O)cnc3n2)cc1[N+](=O)[O-]. The molecule has 0 saturated carbocycles. The van der Waals surface area contributed by atoms with Crippen molar-refractivity contribution in [2.45, 2.75) is 6.92 Å². The minimum Gasteiger partial charge on any atom is -0.487 e. The molecule has 0 fully saturated rings. The fraction of sp³-hybridized carbons (Fsp3) is 0.133. The molecule has 122 valence electrons. The van der Waals surface area contributed by atoms with Gasteiger partial charge >= 0.3 is 11.7 Å². The molecular formula is C15H12N4O5. The van der Waals surface area contributed by atoms with Crippen molar-refractivity contribution in [1.82, 2.24) is 14.4 Å². The van der Waals surface area contributed by atoms with Crippen molar-refractivity contribution in [3.63, 3.8) is 0 Å². The number of ether oxygens (including phenoxy) is 1. The number of nitro benzene ring substituents is 1. The van der Waals surface area contributed by atoms with Gasteiger partial charge in [-0.3, -0.25) is 14.5 Å². The summed E-state index contributed by atoms with van der Waals surface area (Å²) in [6.07, 6.45) is 4.15. The summed E-state index contributed by atoms with van der Waals surface area (Å²) < 4.78 is 6.70. The molecule has 3 rings (SSSR count). The smallest absolute Gasteiger partial charge is 0.338 e. The lowest BCUT2D eigenvalue weighted by molar-refractivity contribution is -0.385. The lowest BCUT2D eigenvalue weighted by atomic mass is 10.1. The van der Waals surface area contributed by atoms with Crippen LogP contribution in [0.4, 0.5) is 5.69 Å². The normalized spacial score (nSPS) is 10.7. The van der Waals surface area contributed by atoms with E-state index in [1.165, 1.54) is 28.9 Å². The average molecular weight is 328 g/mol. The van der Waals surface area contributed by atoms with E-state index in [4.69, 9.17) is 9.84 Å². The Morgan fingerprint density at radius 2 is 2.21 bits per heavy atom. The molecular weight excluding hydrogens is 316 g/mol. The second kappa shape index (κ2) is 5.95. The molecule has 0 saturated heterocycles. The highest BCUT2D eigenvalue weighted by atomic mass is 16.6. The van der Waals surface area contributed by atoms with Crippen LogP contribution in [0, 0.1) is 10.1 Å². The van der Waals surface area contributed by atoms with Crippen LogP contribution < -0.4 is 4.74 Å². The predicted molar refractivity (Wildman–Crippen MR) is 83.2 cm³/mol. The van der Waals surface area contributed by atoms with Crippen molar-refractivity contribution >= 4 is 17.4 Å². The van der Waals surface area contributed by atoms with Gasteiger partial charge in [0.1, 0.15) is 0 Å². The highest BCUT2D eigenvalue weighted by Crippen LogP contribution is 2.32. The number of carbonyl (C=O) groups is 1. The molecule has 2 heterocycles. The van der Waals surface area contributed by atoms with Gasteiger partial charge < -0.3 is 9.84 Å². The first kappa shape index (κ1) is 15.4. The molecule has 9 nitrogen and oxygen atoms in total. The third-order valence-corrected chi connectivity index (χ3v) is 3.31. The number of rotatable bonds is 5. The summed E-state index contributed by atoms with van der Waals surface area (Å²) in [7, 11) is 0. The molecule has 0 aliphatic rings. The fourth-order valence-corrected chi connectivity index (χ4v) is 2.23. The van der Waals surface area contributed by atoms with Crippen LogP contribution >= 0.6 is 0 Å². The number of carboxylic acids is 1. The molecule has 1 N–H and O–H groups in total. The molecule has 0 aliphatic heterocycles. The molecule has 0 unspecified atom stereocenters. The van der Waals surface area contributed by atoms with Gasteiger partial charge in [-0.25, -0.2) is 14.8 Å². The zero-order valence-electron chi connectivity index (χ0n) is 12.5. The van der Waals surface area contributed by atoms with Gasteiger partial charge in [-0.05, 0) is 19.1 Å². The van der Waals surface area contributed by atoms with E-state index in [9.17, 15) is 14.9 Å². The Bertz CT molecular complexity index is 950. The first-order chi connectivity index (χ1) is 11.5. The number of hydrogen-bond acceptors (Lipinski definition) is 6. The van der Waals surface area contributed by atoms with Crippen LogP contribution in [0.3, 0.4) is 0 Å². The number of nitro groups is 1. The van der Waals surface area contributed by atoms with Gasteiger partial charge in [-0.1, -0.05) is 0 Å². The quantitative estimate of drug-likeness (QED) is 0.564. The van der Waals surface area contributed by atoms with Crippen molar-refractivity contribution in [1.29, 1.82) is 0 Å². The summed E-state index contributed by atoms with van der Waals surface area (Å²) in [4.78, 5) is 29.9. The summed E-state index contributed by atoms with van der Waals surface area (Å²) in [5.41, 5.74) is 0.804. The van der Waals surface area contributed by atoms with E-state index in [-0.39, 0.29) is 17.0 Å². The minimum atomic E-state index is -1.10. The van der Waals surface area contributed by atoms with Gasteiger partial charge in [0, 0.05) is 30.2 Å². The number of aromatic carboxylic acids is 1. The predicted octanol–water partition coefficient (Wildman–Crippen LogP) is 2.40. The summed E-state index contributed by atoms with van der Waals surface area (Å²) in [6.45, 7) is 2.06. The van der Waals surface area contributed by atoms with E-state index >= 15 is 0 Å². The maximum atomic E-state index is 11.2. The van der Waals surface area contributed by atoms with Crippen LogP contribution in [0.25, 0.3) is 17.0 Å². The maximum absolute atomic E-state index is 11.2. The van der Waals surface area contributed by atoms with Gasteiger partial charge in [0.2, 0.25) is 5.78 Å². The second-order valence-corrected chi connectivity index (χ2v) is 4.85. The Morgan fingerprint density at radius 3 is 2.88 bits per heavy atom. The number of imidazole rings is 1. The van der Waals surface area contributed by atoms with E-state index in [1.807, 2.05) is 0 Å². The first-order valence-corrected chi connectivity index (χ1v) is 6.99. The largest absolute Gasteiger partial charge is 0.487 e. The lowest BCUT2D eigenvalue weighted by Gasteiger charge is -2.05. The summed E-state index contributed by atoms with van der Waals surface area (Å²) >= 11 is 0. The molecule has 0 spiro atoms. The molecule has 0 atom stereocenters. The molecule has 0 aliphatic carbocycles. The highest BCUT2D eigenvalue weighted by molar-refractivity contribution is 5.87. The Morgan fingerprint density at radius 1 is 1.42 bits per heavy atom. The van der Waals surface area contributed by atoms with E-state index in [0.717, 1.165) is 0 Å². The third-order valence-electron chi connectivity index (χ3n) is 3.31. The molecule has 2 aromatic heterocycles. The molecule has 24 heavy (non-hydrogen) atoms. The Hall–Kier alpha value is -3.49. The summed E-state index contributed by atoms with van der Waals surface area (Å²) in [6, 6.07) is 4.53. The van der Waals surface area contributed by atoms with E-state index in [0.29, 0.717) is 23.6 Å². The topological polar surface area (TPSA) is 120 Å². The van der Waals surface area contributed by atoms with Crippen molar-refractivity contribution < 1.29 is 19.6 Å². The number of hydrogen-bond donors (Lipinski definition) is 1. The van der Waals surface area contributed by atoms with Gasteiger partial charge in [-0.2, -0.15) is 0 Å². The minimum absolute atomic E-state index is 0.0177. The zero-order valence-corrected chi connectivity index (χ0v) is 12.5. The van der Waals surface area contributed by atoms with Crippen LogP contribution in [0.5, 0.6) is 5.75 Å². The molecule has 9 heteroatoms. The van der Waals surface area contributed by atoms with Gasteiger partial charge in [0.25, 0.3) is 0 Å². The first-order valence-electron chi connectivity index (χ1n) is 6.99. The van der Waals surface area contributed by atoms with E-state index < -0.39 is 10.9 Å². The Balaban J connectivity index is 2.08. The van der Waals surface area contributed by atoms with Crippen LogP contribution in [-0.2, 0) is 0 Å². The van der Waals surface area contributed by atoms with E-state index in [1.54, 1.807) is 19.2 Å². The summed E-state index contributed by atoms with van der Waals surface area (Å²) in [5.74, 6) is -0.621. The molecule has 0 amide bonds. The number of nitrogens with zero attached hydrogens (tertiary/aromatic N) is 4. The van der Waals surface area contributed by atoms with Crippen molar-refractivity contribution in [3.05, 3.63) is 52.5 Å². The highest BCUT2D eigenvalue weighted by Gasteiger charge is 2.18. The lowest BCUT2D eigenvalue weighted by Crippen LogP contribution is -1.99. The maximum Gasteiger partial charge on any atom is 0.338 e. The molecule has 3 aromatic rings. The zero-order chi connectivity index (χ0) is 17.3. The molecule has 1 aromatic carbocycles. The van der Waals surface area contributed by atoms with Gasteiger partial charge in [0.05, 0.1) is 22.8 Å². The van der Waals surface area contributed by atoms with Crippen LogP contribution in [0.2, 0.25) is 0 Å². The van der Waals surface area contributed by atoms with Crippen molar-refractivity contribution in [2.24, 2.45) is 0 Å². The Kier molecular flexibility index (Phi) is 3.82. The van der Waals surface area contributed by atoms with Crippen molar-refractivity contribution in [2.75, 3.05) is 6.61 Å². The average Bonchev–Trinajstić information content (AvgIpc) is 2.98. The monoisotopic (exact) mass is 328 g/mol. The van der Waals surface area contributed by atoms with E-state index in [2.05, 4.69) is 9.97 Å². The Labute approximate surface area is 135 Å². The number of benzene rings is 1. The van der Waals surface area contributed by atoms with Crippen molar-refractivity contribution in [3.8, 4) is 17.0 Å². The van der Waals surface area contributed by atoms with Gasteiger partial charge in [-0.15, -0.1) is 0 Å². The summed E-state index contributed by atoms with van der Waals surface area (Å²) in [5, 5.41) is 20.2. The fourth-order valence-electron chi connectivity index (χ4n) is 2.23. The van der Waals surface area contributed by atoms with Crippen LogP contribution in [0.15, 0.2) is 36.8 Å². The molecule has 0 radical (unpaired) electrons. The standard InChI is InChI=1S/C15H12N4O5/c1-2-24-13-4-3-9(5-12(13)19(22)23)11-8-18-7-10(14(20)21)6-16-15(18)17-11/h3-8H,2H2,1H3,(H,20,21). The van der Waals surface area contributed by atoms with Crippen LogP contribution in [-0.4, -0.2) is 37.0 Å². The number of aromatic nitrogens is 3. The number of fused-ring (bicyclic) bond motifs is 1. The third kappa shape index (κ3) is 2.74. The van der Waals surface area contributed by atoms with Crippen LogP contribution in [0.1, 0.15) is 17.3 Å². The molecule has 0 bridgehead atoms. The second-order valence-electron chi connectivity index (χ2n) is 4.85. The van der Waals surface area contributed by atoms with Gasteiger partial charge in [0.15, 0.2) is 5.75 Å².